The Morgan fingerprint density at radius 3 is 2.74 bits per heavy atom. The van der Waals surface area contributed by atoms with Crippen LogP contribution in [0.5, 0.6) is 11.5 Å². The number of hydrogen-bond acceptors (Lipinski definition) is 6. The summed E-state index contributed by atoms with van der Waals surface area (Å²) in [5.41, 5.74) is 7.39. The van der Waals surface area contributed by atoms with Crippen LogP contribution < -0.4 is 15.2 Å². The second-order valence-corrected chi connectivity index (χ2v) is 7.42. The van der Waals surface area contributed by atoms with Gasteiger partial charge in [0.05, 0.1) is 11.8 Å². The maximum atomic E-state index is 11.5. The van der Waals surface area contributed by atoms with Gasteiger partial charge >= 0.3 is 0 Å². The molecule has 1 aliphatic rings. The van der Waals surface area contributed by atoms with Crippen molar-refractivity contribution in [3.8, 4) is 22.9 Å². The number of primary amides is 1. The molecular formula is C19H18N4O3S. The van der Waals surface area contributed by atoms with E-state index in [4.69, 9.17) is 15.2 Å². The van der Waals surface area contributed by atoms with Crippen LogP contribution in [0.3, 0.4) is 0 Å². The van der Waals surface area contributed by atoms with Crippen molar-refractivity contribution in [3.05, 3.63) is 54.1 Å². The van der Waals surface area contributed by atoms with Gasteiger partial charge in [0.2, 0.25) is 12.7 Å². The van der Waals surface area contributed by atoms with Crippen molar-refractivity contribution < 1.29 is 14.3 Å². The van der Waals surface area contributed by atoms with Gasteiger partial charge in [0, 0.05) is 5.56 Å². The second-order valence-electron chi connectivity index (χ2n) is 6.11. The van der Waals surface area contributed by atoms with Crippen molar-refractivity contribution in [1.29, 1.82) is 0 Å². The van der Waals surface area contributed by atoms with E-state index < -0.39 is 5.25 Å². The molecular weight excluding hydrogens is 364 g/mol. The van der Waals surface area contributed by atoms with Crippen molar-refractivity contribution in [2.75, 3.05) is 6.79 Å². The van der Waals surface area contributed by atoms with E-state index in [1.54, 1.807) is 6.92 Å². The molecule has 8 heteroatoms. The van der Waals surface area contributed by atoms with E-state index in [1.807, 2.05) is 53.1 Å². The Labute approximate surface area is 160 Å². The highest BCUT2D eigenvalue weighted by Crippen LogP contribution is 2.34. The summed E-state index contributed by atoms with van der Waals surface area (Å²) in [4.78, 5) is 11.5. The lowest BCUT2D eigenvalue weighted by molar-refractivity contribution is -0.117. The van der Waals surface area contributed by atoms with E-state index in [9.17, 15) is 4.79 Å². The second kappa shape index (κ2) is 7.32. The van der Waals surface area contributed by atoms with Crippen LogP contribution in [0.1, 0.15) is 12.5 Å². The monoisotopic (exact) mass is 382 g/mol. The fourth-order valence-electron chi connectivity index (χ4n) is 2.76. The number of rotatable bonds is 6. The van der Waals surface area contributed by atoms with E-state index in [-0.39, 0.29) is 12.7 Å². The molecule has 2 aromatic carbocycles. The maximum absolute atomic E-state index is 11.5. The topological polar surface area (TPSA) is 92.3 Å². The molecule has 0 bridgehead atoms. The summed E-state index contributed by atoms with van der Waals surface area (Å²) in [5.74, 6) is 1.80. The third-order valence-electron chi connectivity index (χ3n) is 4.21. The third-order valence-corrected chi connectivity index (χ3v) is 5.31. The quantitative estimate of drug-likeness (QED) is 0.659. The number of ether oxygens (including phenoxy) is 2. The van der Waals surface area contributed by atoms with Crippen molar-refractivity contribution in [3.63, 3.8) is 0 Å². The number of carbonyl (C=O) groups excluding carboxylic acids is 1. The third kappa shape index (κ3) is 3.61. The van der Waals surface area contributed by atoms with Crippen LogP contribution in [0.25, 0.3) is 11.4 Å². The highest BCUT2D eigenvalue weighted by Gasteiger charge is 2.20. The number of aromatic nitrogens is 3. The number of hydrogen-bond donors (Lipinski definition) is 1. The first kappa shape index (κ1) is 17.4. The van der Waals surface area contributed by atoms with E-state index in [2.05, 4.69) is 10.2 Å². The largest absolute Gasteiger partial charge is 0.454 e. The first-order chi connectivity index (χ1) is 13.1. The van der Waals surface area contributed by atoms with Gasteiger partial charge in [0.25, 0.3) is 0 Å². The van der Waals surface area contributed by atoms with E-state index in [1.165, 1.54) is 11.8 Å². The lowest BCUT2D eigenvalue weighted by Gasteiger charge is -2.12. The summed E-state index contributed by atoms with van der Waals surface area (Å²) in [6, 6.07) is 15.6. The molecule has 0 radical (unpaired) electrons. The van der Waals surface area contributed by atoms with Crippen LogP contribution in [0.4, 0.5) is 0 Å². The Morgan fingerprint density at radius 2 is 1.96 bits per heavy atom. The van der Waals surface area contributed by atoms with Crippen molar-refractivity contribution >= 4 is 17.7 Å². The standard InChI is InChI=1S/C19H18N4O3S/c1-12(17(20)24)27-19-22-21-18(14-5-3-2-4-6-14)23(19)10-13-7-8-15-16(9-13)26-11-25-15/h2-9,12H,10-11H2,1H3,(H2,20,24)/t12-/m1/s1. The molecule has 1 aromatic heterocycles. The van der Waals surface area contributed by atoms with Gasteiger partial charge in [0.15, 0.2) is 22.5 Å². The lowest BCUT2D eigenvalue weighted by atomic mass is 10.2. The first-order valence-electron chi connectivity index (χ1n) is 8.45. The fraction of sp³-hybridized carbons (Fsp3) is 0.211. The molecule has 0 saturated carbocycles. The van der Waals surface area contributed by atoms with Crippen molar-refractivity contribution in [2.45, 2.75) is 23.9 Å². The predicted octanol–water partition coefficient (Wildman–Crippen LogP) is 2.69. The molecule has 7 nitrogen and oxygen atoms in total. The number of fused-ring (bicyclic) bond motifs is 1. The van der Waals surface area contributed by atoms with Crippen LogP contribution in [-0.2, 0) is 11.3 Å². The molecule has 27 heavy (non-hydrogen) atoms. The predicted molar refractivity (Wildman–Crippen MR) is 102 cm³/mol. The van der Waals surface area contributed by atoms with Gasteiger partial charge in [-0.1, -0.05) is 48.2 Å². The van der Waals surface area contributed by atoms with Crippen molar-refractivity contribution in [1.82, 2.24) is 14.8 Å². The number of benzene rings is 2. The van der Waals surface area contributed by atoms with Crippen LogP contribution in [0.2, 0.25) is 0 Å². The Hall–Kier alpha value is -3.00. The molecule has 0 aliphatic carbocycles. The minimum atomic E-state index is -0.409. The van der Waals surface area contributed by atoms with Gasteiger partial charge in [-0.15, -0.1) is 10.2 Å². The number of amides is 1. The highest BCUT2D eigenvalue weighted by molar-refractivity contribution is 8.00. The Balaban J connectivity index is 1.71. The summed E-state index contributed by atoms with van der Waals surface area (Å²) in [5, 5.41) is 8.88. The molecule has 1 aliphatic heterocycles. The highest BCUT2D eigenvalue weighted by atomic mass is 32.2. The van der Waals surface area contributed by atoms with E-state index in [0.717, 1.165) is 28.5 Å². The average Bonchev–Trinajstić information content (AvgIpc) is 3.29. The molecule has 0 spiro atoms. The smallest absolute Gasteiger partial charge is 0.231 e. The van der Waals surface area contributed by atoms with Gasteiger partial charge in [-0.05, 0) is 24.6 Å². The van der Waals surface area contributed by atoms with Gasteiger partial charge in [-0.25, -0.2) is 0 Å². The van der Waals surface area contributed by atoms with Crippen LogP contribution >= 0.6 is 11.8 Å². The Bertz CT molecular complexity index is 974. The molecule has 2 heterocycles. The lowest BCUT2D eigenvalue weighted by Crippen LogP contribution is -2.23. The zero-order valence-corrected chi connectivity index (χ0v) is 15.5. The summed E-state index contributed by atoms with van der Waals surface area (Å²) in [6.07, 6.45) is 0. The molecule has 0 unspecified atom stereocenters. The molecule has 138 valence electrons. The summed E-state index contributed by atoms with van der Waals surface area (Å²) in [7, 11) is 0. The molecule has 1 amide bonds. The van der Waals surface area contributed by atoms with Crippen LogP contribution in [0, 0.1) is 0 Å². The zero-order chi connectivity index (χ0) is 18.8. The number of thioether (sulfide) groups is 1. The fourth-order valence-corrected chi connectivity index (χ4v) is 3.56. The van der Waals surface area contributed by atoms with Crippen LogP contribution in [-0.4, -0.2) is 32.7 Å². The molecule has 0 fully saturated rings. The Morgan fingerprint density at radius 1 is 1.19 bits per heavy atom. The normalized spacial score (nSPS) is 13.5. The van der Waals surface area contributed by atoms with E-state index in [0.29, 0.717) is 11.7 Å². The van der Waals surface area contributed by atoms with Crippen molar-refractivity contribution in [2.24, 2.45) is 5.73 Å². The molecule has 0 saturated heterocycles. The Kier molecular flexibility index (Phi) is 4.72. The zero-order valence-electron chi connectivity index (χ0n) is 14.7. The van der Waals surface area contributed by atoms with Gasteiger partial charge < -0.3 is 15.2 Å². The first-order valence-corrected chi connectivity index (χ1v) is 9.33. The van der Waals surface area contributed by atoms with Crippen LogP contribution in [0.15, 0.2) is 53.7 Å². The molecule has 1 atom stereocenters. The molecule has 3 aromatic rings. The minimum Gasteiger partial charge on any atom is -0.454 e. The summed E-state index contributed by atoms with van der Waals surface area (Å²) >= 11 is 1.30. The SMILES string of the molecule is C[C@@H](Sc1nnc(-c2ccccc2)n1Cc1ccc2c(c1)OCO2)C(N)=O. The maximum Gasteiger partial charge on any atom is 0.231 e. The minimum absolute atomic E-state index is 0.234. The average molecular weight is 382 g/mol. The molecule has 2 N–H and O–H groups in total. The summed E-state index contributed by atoms with van der Waals surface area (Å²) in [6.45, 7) is 2.52. The summed E-state index contributed by atoms with van der Waals surface area (Å²) < 4.78 is 12.8. The van der Waals surface area contributed by atoms with Gasteiger partial charge in [-0.2, -0.15) is 0 Å². The molecule has 4 rings (SSSR count). The van der Waals surface area contributed by atoms with Gasteiger partial charge in [0.1, 0.15) is 0 Å². The number of nitrogens with zero attached hydrogens (tertiary/aromatic N) is 3. The van der Waals surface area contributed by atoms with Gasteiger partial charge in [-0.3, -0.25) is 9.36 Å². The van der Waals surface area contributed by atoms with E-state index >= 15 is 0 Å². The number of carbonyl (C=O) groups is 1. The number of nitrogens with two attached hydrogens (primary N) is 1.